The molecule has 10 heteroatoms. The van der Waals surface area contributed by atoms with E-state index >= 15 is 0 Å². The minimum atomic E-state index is -1.54. The number of hydrogen-bond acceptors (Lipinski definition) is 8. The first kappa shape index (κ1) is 21.0. The van der Waals surface area contributed by atoms with Crippen molar-refractivity contribution in [2.45, 2.75) is 19.9 Å². The summed E-state index contributed by atoms with van der Waals surface area (Å²) in [6.45, 7) is 2.70. The third-order valence-corrected chi connectivity index (χ3v) is 5.61. The maximum atomic E-state index is 11.8. The van der Waals surface area contributed by atoms with Crippen molar-refractivity contribution in [3.05, 3.63) is 65.0 Å². The van der Waals surface area contributed by atoms with Gasteiger partial charge < -0.3 is 30.3 Å². The smallest absolute Gasteiger partial charge is 0.487 e. The van der Waals surface area contributed by atoms with E-state index in [4.69, 9.17) is 24.9 Å². The SMILES string of the molecule is Cc1oc2c(C(N)=O)cccc2c1-c1nc2c(c(NCc3cccc(B(O)O)c3)n1)OCC2. The van der Waals surface area contributed by atoms with Gasteiger partial charge in [-0.25, -0.2) is 9.97 Å². The fraction of sp³-hybridized carbons (Fsp3) is 0.174. The molecule has 0 spiro atoms. The average Bonchev–Trinajstić information content (AvgIpc) is 3.40. The molecule has 0 aliphatic carbocycles. The second-order valence-corrected chi connectivity index (χ2v) is 7.82. The highest BCUT2D eigenvalue weighted by molar-refractivity contribution is 6.58. The van der Waals surface area contributed by atoms with E-state index in [1.807, 2.05) is 12.1 Å². The summed E-state index contributed by atoms with van der Waals surface area (Å²) in [5, 5.41) is 22.8. The fourth-order valence-electron chi connectivity index (χ4n) is 4.06. The number of nitrogens with two attached hydrogens (primary N) is 1. The van der Waals surface area contributed by atoms with Crippen molar-refractivity contribution >= 4 is 35.3 Å². The molecule has 1 aliphatic rings. The van der Waals surface area contributed by atoms with Gasteiger partial charge in [0.15, 0.2) is 17.4 Å². The van der Waals surface area contributed by atoms with Gasteiger partial charge in [-0.1, -0.05) is 36.4 Å². The van der Waals surface area contributed by atoms with Crippen molar-refractivity contribution in [3.63, 3.8) is 0 Å². The Bertz CT molecular complexity index is 1390. The van der Waals surface area contributed by atoms with Gasteiger partial charge in [-0.3, -0.25) is 4.79 Å². The van der Waals surface area contributed by atoms with Gasteiger partial charge in [0.1, 0.15) is 11.3 Å². The standard InChI is InChI=1S/C23H21BN4O5/c1-12-18(15-6-3-7-16(21(25)29)19(15)33-12)22-27-17-8-9-32-20(17)23(28-22)26-11-13-4-2-5-14(10-13)24(30)31/h2-7,10,30-31H,8-9,11H2,1H3,(H2,25,29)(H,26,27,28). The van der Waals surface area contributed by atoms with E-state index in [0.29, 0.717) is 70.3 Å². The number of nitrogens with zero attached hydrogens (tertiary/aromatic N) is 2. The largest absolute Gasteiger partial charge is 0.488 e. The highest BCUT2D eigenvalue weighted by Crippen LogP contribution is 2.38. The van der Waals surface area contributed by atoms with Crippen LogP contribution in [0.15, 0.2) is 46.9 Å². The Morgan fingerprint density at radius 3 is 2.82 bits per heavy atom. The molecule has 0 saturated heterocycles. The quantitative estimate of drug-likeness (QED) is 0.328. The molecule has 0 radical (unpaired) electrons. The van der Waals surface area contributed by atoms with E-state index in [9.17, 15) is 14.8 Å². The van der Waals surface area contributed by atoms with Gasteiger partial charge in [0.2, 0.25) is 0 Å². The third-order valence-electron chi connectivity index (χ3n) is 5.61. The molecule has 0 saturated carbocycles. The lowest BCUT2D eigenvalue weighted by molar-refractivity contribution is 0.100. The van der Waals surface area contributed by atoms with Gasteiger partial charge in [0, 0.05) is 18.4 Å². The Hall–Kier alpha value is -3.89. The minimum Gasteiger partial charge on any atom is -0.487 e. The molecule has 0 bridgehead atoms. The maximum Gasteiger partial charge on any atom is 0.488 e. The van der Waals surface area contributed by atoms with Crippen molar-refractivity contribution in [1.29, 1.82) is 0 Å². The van der Waals surface area contributed by atoms with Crippen molar-refractivity contribution in [3.8, 4) is 17.1 Å². The second-order valence-electron chi connectivity index (χ2n) is 7.82. The molecule has 0 unspecified atom stereocenters. The highest BCUT2D eigenvalue weighted by Gasteiger charge is 2.25. The van der Waals surface area contributed by atoms with Crippen molar-refractivity contribution < 1.29 is 24.0 Å². The summed E-state index contributed by atoms with van der Waals surface area (Å²) in [6, 6.07) is 12.2. The summed E-state index contributed by atoms with van der Waals surface area (Å²) in [4.78, 5) is 21.3. The zero-order valence-corrected chi connectivity index (χ0v) is 17.8. The number of rotatable bonds is 6. The monoisotopic (exact) mass is 444 g/mol. The van der Waals surface area contributed by atoms with Gasteiger partial charge in [0.05, 0.1) is 23.4 Å². The van der Waals surface area contributed by atoms with Gasteiger partial charge in [-0.05, 0) is 24.0 Å². The van der Waals surface area contributed by atoms with Crippen molar-refractivity contribution in [1.82, 2.24) is 9.97 Å². The zero-order valence-electron chi connectivity index (χ0n) is 17.8. The molecule has 166 valence electrons. The first-order valence-corrected chi connectivity index (χ1v) is 10.5. The number of ether oxygens (including phenoxy) is 1. The molecule has 4 aromatic rings. The first-order chi connectivity index (χ1) is 15.9. The molecule has 0 fully saturated rings. The number of amides is 1. The van der Waals surface area contributed by atoms with Gasteiger partial charge >= 0.3 is 7.12 Å². The van der Waals surface area contributed by atoms with Crippen LogP contribution in [0, 0.1) is 6.92 Å². The van der Waals surface area contributed by atoms with Crippen LogP contribution in [0.5, 0.6) is 5.75 Å². The van der Waals surface area contributed by atoms with Gasteiger partial charge in [0.25, 0.3) is 5.91 Å². The Morgan fingerprint density at radius 1 is 1.21 bits per heavy atom. The van der Waals surface area contributed by atoms with Crippen LogP contribution in [-0.4, -0.2) is 39.6 Å². The van der Waals surface area contributed by atoms with Crippen LogP contribution < -0.4 is 21.3 Å². The van der Waals surface area contributed by atoms with Crippen molar-refractivity contribution in [2.75, 3.05) is 11.9 Å². The van der Waals surface area contributed by atoms with Crippen LogP contribution in [0.4, 0.5) is 5.82 Å². The molecular weight excluding hydrogens is 423 g/mol. The molecule has 0 atom stereocenters. The lowest BCUT2D eigenvalue weighted by Gasteiger charge is -2.12. The Kier molecular flexibility index (Phi) is 5.23. The number of nitrogens with one attached hydrogen (secondary N) is 1. The summed E-state index contributed by atoms with van der Waals surface area (Å²) in [7, 11) is -1.54. The molecule has 3 heterocycles. The summed E-state index contributed by atoms with van der Waals surface area (Å²) < 4.78 is 11.7. The number of aryl methyl sites for hydroxylation is 1. The minimum absolute atomic E-state index is 0.302. The fourth-order valence-corrected chi connectivity index (χ4v) is 4.06. The summed E-state index contributed by atoms with van der Waals surface area (Å²) in [5.41, 5.74) is 8.95. The highest BCUT2D eigenvalue weighted by atomic mass is 16.5. The number of anilines is 1. The molecule has 1 amide bonds. The van der Waals surface area contributed by atoms with E-state index in [0.717, 1.165) is 11.3 Å². The number of furan rings is 1. The molecule has 2 aromatic heterocycles. The predicted molar refractivity (Wildman–Crippen MR) is 123 cm³/mol. The Balaban J connectivity index is 1.56. The van der Waals surface area contributed by atoms with Crippen LogP contribution in [0.3, 0.4) is 0 Å². The second kappa shape index (κ2) is 8.23. The maximum absolute atomic E-state index is 11.8. The number of benzene rings is 2. The summed E-state index contributed by atoms with van der Waals surface area (Å²) in [6.07, 6.45) is 0.646. The summed E-state index contributed by atoms with van der Waals surface area (Å²) >= 11 is 0. The van der Waals surface area contributed by atoms with Crippen LogP contribution in [-0.2, 0) is 13.0 Å². The van der Waals surface area contributed by atoms with Gasteiger partial charge in [-0.15, -0.1) is 0 Å². The van der Waals surface area contributed by atoms with E-state index in [2.05, 4.69) is 5.32 Å². The number of hydrogen-bond donors (Lipinski definition) is 4. The number of aromatic nitrogens is 2. The zero-order chi connectivity index (χ0) is 23.1. The molecule has 5 rings (SSSR count). The Morgan fingerprint density at radius 2 is 2.03 bits per heavy atom. The normalized spacial score (nSPS) is 12.5. The third kappa shape index (κ3) is 3.79. The number of carbonyl (C=O) groups is 1. The summed E-state index contributed by atoms with van der Waals surface area (Å²) in [5.74, 6) is 1.59. The number of primary amides is 1. The number of fused-ring (bicyclic) bond motifs is 2. The molecule has 33 heavy (non-hydrogen) atoms. The molecule has 9 nitrogen and oxygen atoms in total. The number of para-hydroxylation sites is 1. The first-order valence-electron chi connectivity index (χ1n) is 10.5. The van der Waals surface area contributed by atoms with E-state index in [-0.39, 0.29) is 0 Å². The topological polar surface area (TPSA) is 144 Å². The molecule has 2 aromatic carbocycles. The number of carbonyl (C=O) groups excluding carboxylic acids is 1. The van der Waals surface area contributed by atoms with Crippen LogP contribution in [0.2, 0.25) is 0 Å². The lowest BCUT2D eigenvalue weighted by Crippen LogP contribution is -2.30. The van der Waals surface area contributed by atoms with Crippen LogP contribution >= 0.6 is 0 Å². The predicted octanol–water partition coefficient (Wildman–Crippen LogP) is 1.52. The van der Waals surface area contributed by atoms with Gasteiger partial charge in [-0.2, -0.15) is 0 Å². The van der Waals surface area contributed by atoms with E-state index in [1.54, 1.807) is 37.3 Å². The molecule has 5 N–H and O–H groups in total. The van der Waals surface area contributed by atoms with Crippen molar-refractivity contribution in [2.24, 2.45) is 5.73 Å². The molecular formula is C23H21BN4O5. The average molecular weight is 444 g/mol. The molecule has 1 aliphatic heterocycles. The lowest BCUT2D eigenvalue weighted by atomic mass is 9.80. The Labute approximate surface area is 189 Å². The van der Waals surface area contributed by atoms with E-state index < -0.39 is 13.0 Å². The van der Waals surface area contributed by atoms with E-state index in [1.165, 1.54) is 0 Å². The van der Waals surface area contributed by atoms with Crippen LogP contribution in [0.1, 0.15) is 27.4 Å². The van der Waals surface area contributed by atoms with Crippen LogP contribution in [0.25, 0.3) is 22.4 Å².